The Kier molecular flexibility index (Phi) is 6.11. The number of benzene rings is 2. The van der Waals surface area contributed by atoms with E-state index in [9.17, 15) is 9.18 Å². The Morgan fingerprint density at radius 3 is 2.38 bits per heavy atom. The Balaban J connectivity index is 1.89. The molecule has 0 fully saturated rings. The van der Waals surface area contributed by atoms with Crippen LogP contribution in [0.25, 0.3) is 0 Å². The number of carbonyl (C=O) groups is 1. The number of rotatable bonds is 3. The predicted molar refractivity (Wildman–Crippen MR) is 98.8 cm³/mol. The molecule has 0 bridgehead atoms. The van der Waals surface area contributed by atoms with Gasteiger partial charge >= 0.3 is 0 Å². The number of nitrogens with one attached hydrogen (secondary N) is 3. The molecular formula is C17H17ClFN3OS. The highest BCUT2D eigenvalue weighted by Crippen LogP contribution is 2.17. The maximum atomic E-state index is 13.7. The summed E-state index contributed by atoms with van der Waals surface area (Å²) in [4.78, 5) is 11.9. The van der Waals surface area contributed by atoms with Crippen LogP contribution in [0.2, 0.25) is 5.02 Å². The van der Waals surface area contributed by atoms with Gasteiger partial charge in [0.15, 0.2) is 5.11 Å². The van der Waals surface area contributed by atoms with Crippen molar-refractivity contribution in [2.45, 2.75) is 19.8 Å². The first-order valence-electron chi connectivity index (χ1n) is 7.29. The molecule has 24 heavy (non-hydrogen) atoms. The van der Waals surface area contributed by atoms with Gasteiger partial charge in [0, 0.05) is 10.7 Å². The van der Waals surface area contributed by atoms with Gasteiger partial charge in [0.2, 0.25) is 0 Å². The fourth-order valence-corrected chi connectivity index (χ4v) is 2.30. The number of thiocarbonyl (C=S) groups is 1. The van der Waals surface area contributed by atoms with Crippen molar-refractivity contribution in [2.75, 3.05) is 5.32 Å². The van der Waals surface area contributed by atoms with Gasteiger partial charge in [-0.1, -0.05) is 37.6 Å². The number of carbonyl (C=O) groups excluding carboxylic acids is 1. The van der Waals surface area contributed by atoms with Crippen LogP contribution < -0.4 is 16.2 Å². The van der Waals surface area contributed by atoms with E-state index in [4.69, 9.17) is 23.8 Å². The van der Waals surface area contributed by atoms with E-state index < -0.39 is 11.7 Å². The molecule has 2 rings (SSSR count). The van der Waals surface area contributed by atoms with Crippen molar-refractivity contribution in [2.24, 2.45) is 0 Å². The Bertz CT molecular complexity index is 750. The summed E-state index contributed by atoms with van der Waals surface area (Å²) in [6.45, 7) is 4.22. The summed E-state index contributed by atoms with van der Waals surface area (Å²) in [5.41, 5.74) is 6.73. The molecule has 0 spiro atoms. The van der Waals surface area contributed by atoms with E-state index >= 15 is 0 Å². The summed E-state index contributed by atoms with van der Waals surface area (Å²) in [6, 6.07) is 11.6. The van der Waals surface area contributed by atoms with Crippen molar-refractivity contribution in [3.8, 4) is 0 Å². The van der Waals surface area contributed by atoms with Gasteiger partial charge in [-0.05, 0) is 54.0 Å². The molecule has 0 aromatic heterocycles. The smallest absolute Gasteiger partial charge is 0.272 e. The maximum absolute atomic E-state index is 13.7. The lowest BCUT2D eigenvalue weighted by atomic mass is 10.0. The van der Waals surface area contributed by atoms with E-state index in [1.54, 1.807) is 0 Å². The van der Waals surface area contributed by atoms with Crippen molar-refractivity contribution >= 4 is 40.5 Å². The fourth-order valence-electron chi connectivity index (χ4n) is 1.97. The quantitative estimate of drug-likeness (QED) is 0.562. The molecular weight excluding hydrogens is 349 g/mol. The minimum Gasteiger partial charge on any atom is -0.331 e. The SMILES string of the molecule is CC(C)c1ccc(NC(=S)NNC(=O)c2ccc(Cl)cc2F)cc1. The number of hydrogen-bond acceptors (Lipinski definition) is 2. The summed E-state index contributed by atoms with van der Waals surface area (Å²) in [5, 5.41) is 3.34. The standard InChI is InChI=1S/C17H17ClFN3OS/c1-10(2)11-3-6-13(7-4-11)20-17(24)22-21-16(23)14-8-5-12(18)9-15(14)19/h3-10H,1-2H3,(H,21,23)(H2,20,22,24). The van der Waals surface area contributed by atoms with Crippen LogP contribution in [0.5, 0.6) is 0 Å². The molecule has 1 amide bonds. The van der Waals surface area contributed by atoms with Crippen LogP contribution in [0.1, 0.15) is 35.7 Å². The minimum absolute atomic E-state index is 0.129. The van der Waals surface area contributed by atoms with Crippen LogP contribution in [0, 0.1) is 5.82 Å². The molecule has 2 aromatic rings. The molecule has 0 unspecified atom stereocenters. The van der Waals surface area contributed by atoms with Gasteiger partial charge < -0.3 is 5.32 Å². The van der Waals surface area contributed by atoms with Gasteiger partial charge in [-0.15, -0.1) is 0 Å². The summed E-state index contributed by atoms with van der Waals surface area (Å²) < 4.78 is 13.7. The van der Waals surface area contributed by atoms with Crippen molar-refractivity contribution in [1.29, 1.82) is 0 Å². The second-order valence-corrected chi connectivity index (χ2v) is 6.28. The topological polar surface area (TPSA) is 53.2 Å². The summed E-state index contributed by atoms with van der Waals surface area (Å²) in [5.74, 6) is -0.911. The fraction of sp³-hybridized carbons (Fsp3) is 0.176. The molecule has 126 valence electrons. The van der Waals surface area contributed by atoms with Crippen LogP contribution in [0.15, 0.2) is 42.5 Å². The number of halogens is 2. The van der Waals surface area contributed by atoms with Gasteiger partial charge in [-0.2, -0.15) is 0 Å². The highest BCUT2D eigenvalue weighted by Gasteiger charge is 2.12. The average Bonchev–Trinajstić information content (AvgIpc) is 2.53. The lowest BCUT2D eigenvalue weighted by molar-refractivity contribution is 0.0940. The lowest BCUT2D eigenvalue weighted by Crippen LogP contribution is -2.44. The maximum Gasteiger partial charge on any atom is 0.272 e. The Morgan fingerprint density at radius 2 is 1.79 bits per heavy atom. The van der Waals surface area contributed by atoms with Gasteiger partial charge in [0.25, 0.3) is 5.91 Å². The van der Waals surface area contributed by atoms with Crippen molar-refractivity contribution in [3.05, 3.63) is 64.4 Å². The van der Waals surface area contributed by atoms with Crippen LogP contribution in [0.3, 0.4) is 0 Å². The first-order chi connectivity index (χ1) is 11.4. The molecule has 0 aliphatic rings. The molecule has 0 saturated carbocycles. The molecule has 0 atom stereocenters. The van der Waals surface area contributed by atoms with Gasteiger partial charge in [0.1, 0.15) is 5.82 Å². The Labute approximate surface area is 150 Å². The molecule has 3 N–H and O–H groups in total. The van der Waals surface area contributed by atoms with Crippen molar-refractivity contribution in [3.63, 3.8) is 0 Å². The summed E-state index contributed by atoms with van der Waals surface area (Å²) in [7, 11) is 0. The molecule has 2 aromatic carbocycles. The van der Waals surface area contributed by atoms with Crippen molar-refractivity contribution < 1.29 is 9.18 Å². The molecule has 0 aliphatic carbocycles. The summed E-state index contributed by atoms with van der Waals surface area (Å²) in [6.07, 6.45) is 0. The second-order valence-electron chi connectivity index (χ2n) is 5.43. The van der Waals surface area contributed by atoms with E-state index in [1.165, 1.54) is 17.7 Å². The molecule has 0 aliphatic heterocycles. The molecule has 7 heteroatoms. The second kappa shape index (κ2) is 8.08. The zero-order valence-corrected chi connectivity index (χ0v) is 14.8. The van der Waals surface area contributed by atoms with Crippen LogP contribution >= 0.6 is 23.8 Å². The first kappa shape index (κ1) is 18.2. The van der Waals surface area contributed by atoms with E-state index in [-0.39, 0.29) is 15.7 Å². The van der Waals surface area contributed by atoms with Crippen LogP contribution in [0.4, 0.5) is 10.1 Å². The summed E-state index contributed by atoms with van der Waals surface area (Å²) >= 11 is 10.7. The highest BCUT2D eigenvalue weighted by molar-refractivity contribution is 7.80. The number of anilines is 1. The molecule has 0 heterocycles. The van der Waals surface area contributed by atoms with Gasteiger partial charge in [-0.25, -0.2) is 4.39 Å². The monoisotopic (exact) mass is 365 g/mol. The Hall–Kier alpha value is -2.18. The van der Waals surface area contributed by atoms with E-state index in [0.717, 1.165) is 11.8 Å². The predicted octanol–water partition coefficient (Wildman–Crippen LogP) is 4.23. The first-order valence-corrected chi connectivity index (χ1v) is 8.08. The Morgan fingerprint density at radius 1 is 1.12 bits per heavy atom. The average molecular weight is 366 g/mol. The normalized spacial score (nSPS) is 10.4. The highest BCUT2D eigenvalue weighted by atomic mass is 35.5. The van der Waals surface area contributed by atoms with Gasteiger partial charge in [-0.3, -0.25) is 15.6 Å². The third-order valence-electron chi connectivity index (χ3n) is 3.30. The largest absolute Gasteiger partial charge is 0.331 e. The van der Waals surface area contributed by atoms with Gasteiger partial charge in [0.05, 0.1) is 5.56 Å². The molecule has 0 saturated heterocycles. The third-order valence-corrected chi connectivity index (χ3v) is 3.74. The lowest BCUT2D eigenvalue weighted by Gasteiger charge is -2.13. The zero-order valence-electron chi connectivity index (χ0n) is 13.2. The van der Waals surface area contributed by atoms with E-state index in [2.05, 4.69) is 30.0 Å². The van der Waals surface area contributed by atoms with Crippen molar-refractivity contribution in [1.82, 2.24) is 10.9 Å². The number of hydrogen-bond donors (Lipinski definition) is 3. The molecule has 0 radical (unpaired) electrons. The number of amides is 1. The number of hydrazine groups is 1. The van der Waals surface area contributed by atoms with E-state index in [1.807, 2.05) is 24.3 Å². The van der Waals surface area contributed by atoms with Crippen LogP contribution in [-0.4, -0.2) is 11.0 Å². The minimum atomic E-state index is -0.704. The zero-order chi connectivity index (χ0) is 17.7. The van der Waals surface area contributed by atoms with E-state index in [0.29, 0.717) is 5.92 Å². The third kappa shape index (κ3) is 4.91. The molecule has 4 nitrogen and oxygen atoms in total. The van der Waals surface area contributed by atoms with Crippen LogP contribution in [-0.2, 0) is 0 Å².